The zero-order valence-corrected chi connectivity index (χ0v) is 17.0. The number of aromatic hydroxyl groups is 1. The first kappa shape index (κ1) is 19.7. The van der Waals surface area contributed by atoms with Gasteiger partial charge in [0.15, 0.2) is 5.13 Å². The molecule has 2 aromatic carbocycles. The van der Waals surface area contributed by atoms with Crippen molar-refractivity contribution in [2.75, 3.05) is 11.4 Å². The van der Waals surface area contributed by atoms with Crippen molar-refractivity contribution in [1.29, 1.82) is 0 Å². The van der Waals surface area contributed by atoms with Gasteiger partial charge in [0.1, 0.15) is 11.8 Å². The Morgan fingerprint density at radius 2 is 2.00 bits per heavy atom. The van der Waals surface area contributed by atoms with Gasteiger partial charge >= 0.3 is 0 Å². The fourth-order valence-electron chi connectivity index (χ4n) is 3.38. The minimum atomic E-state index is -0.591. The first-order valence-corrected chi connectivity index (χ1v) is 10.5. The second kappa shape index (κ2) is 8.41. The van der Waals surface area contributed by atoms with E-state index < -0.39 is 12.1 Å². The number of hydrogen-bond donors (Lipinski definition) is 3. The smallest absolute Gasteiger partial charge is 0.243 e. The van der Waals surface area contributed by atoms with Gasteiger partial charge in [0.25, 0.3) is 0 Å². The Kier molecular flexibility index (Phi) is 5.71. The van der Waals surface area contributed by atoms with E-state index in [4.69, 9.17) is 11.6 Å². The van der Waals surface area contributed by atoms with E-state index in [-0.39, 0.29) is 11.7 Å². The molecule has 4 rings (SSSR count). The van der Waals surface area contributed by atoms with E-state index in [2.05, 4.69) is 10.3 Å². The van der Waals surface area contributed by atoms with Crippen LogP contribution in [0.15, 0.2) is 53.9 Å². The summed E-state index contributed by atoms with van der Waals surface area (Å²) in [5.74, 6) is 0.0324. The molecular formula is C21H20ClN3O3S. The number of carbonyl (C=O) groups excluding carboxylic acids is 1. The third-order valence-corrected chi connectivity index (χ3v) is 6.14. The number of nitrogens with one attached hydrogen (secondary N) is 1. The molecule has 0 spiro atoms. The maximum Gasteiger partial charge on any atom is 0.243 e. The van der Waals surface area contributed by atoms with Crippen molar-refractivity contribution < 1.29 is 15.0 Å². The largest absolute Gasteiger partial charge is 0.508 e. The molecule has 0 bridgehead atoms. The number of carbonyl (C=O) groups is 1. The van der Waals surface area contributed by atoms with E-state index in [0.29, 0.717) is 29.7 Å². The molecule has 0 saturated carbocycles. The van der Waals surface area contributed by atoms with E-state index in [0.717, 1.165) is 16.8 Å². The van der Waals surface area contributed by atoms with Gasteiger partial charge in [0.05, 0.1) is 11.8 Å². The number of rotatable bonds is 5. The SMILES string of the molecule is O=C(NCc1ccccc1Cl)[C@@H]1CC(O)CN1c1nc(-c2ccc(O)cc2)cs1. The second-order valence-electron chi connectivity index (χ2n) is 6.93. The summed E-state index contributed by atoms with van der Waals surface area (Å²) in [7, 11) is 0. The van der Waals surface area contributed by atoms with E-state index in [1.54, 1.807) is 30.3 Å². The molecule has 150 valence electrons. The van der Waals surface area contributed by atoms with Gasteiger partial charge in [-0.1, -0.05) is 29.8 Å². The van der Waals surface area contributed by atoms with Crippen LogP contribution >= 0.6 is 22.9 Å². The molecule has 1 aliphatic rings. The number of aliphatic hydroxyl groups excluding tert-OH is 1. The highest BCUT2D eigenvalue weighted by Gasteiger charge is 2.37. The van der Waals surface area contributed by atoms with Crippen LogP contribution in [-0.2, 0) is 11.3 Å². The summed E-state index contributed by atoms with van der Waals surface area (Å²) in [6.07, 6.45) is -0.241. The number of phenolic OH excluding ortho intramolecular Hbond substituents is 1. The highest BCUT2D eigenvalue weighted by molar-refractivity contribution is 7.14. The van der Waals surface area contributed by atoms with Gasteiger partial charge in [-0.2, -0.15) is 0 Å². The Morgan fingerprint density at radius 1 is 1.24 bits per heavy atom. The molecular weight excluding hydrogens is 410 g/mol. The molecule has 8 heteroatoms. The van der Waals surface area contributed by atoms with Crippen molar-refractivity contribution in [1.82, 2.24) is 10.3 Å². The van der Waals surface area contributed by atoms with E-state index in [9.17, 15) is 15.0 Å². The third-order valence-electron chi connectivity index (χ3n) is 4.89. The molecule has 1 aromatic heterocycles. The lowest BCUT2D eigenvalue weighted by Crippen LogP contribution is -2.43. The number of phenols is 1. The van der Waals surface area contributed by atoms with Gasteiger partial charge < -0.3 is 20.4 Å². The van der Waals surface area contributed by atoms with Crippen LogP contribution in [0.1, 0.15) is 12.0 Å². The summed E-state index contributed by atoms with van der Waals surface area (Å²) in [4.78, 5) is 19.3. The van der Waals surface area contributed by atoms with Crippen LogP contribution in [0.4, 0.5) is 5.13 Å². The van der Waals surface area contributed by atoms with Crippen molar-refractivity contribution in [2.45, 2.75) is 25.1 Å². The maximum absolute atomic E-state index is 12.8. The Labute approximate surface area is 177 Å². The monoisotopic (exact) mass is 429 g/mol. The summed E-state index contributed by atoms with van der Waals surface area (Å²) in [5, 5.41) is 25.7. The van der Waals surface area contributed by atoms with Gasteiger partial charge in [0.2, 0.25) is 5.91 Å². The number of aromatic nitrogens is 1. The van der Waals surface area contributed by atoms with Gasteiger partial charge in [-0.3, -0.25) is 4.79 Å². The number of aliphatic hydroxyl groups is 1. The summed E-state index contributed by atoms with van der Waals surface area (Å²) >= 11 is 7.59. The van der Waals surface area contributed by atoms with E-state index in [1.807, 2.05) is 28.5 Å². The highest BCUT2D eigenvalue weighted by atomic mass is 35.5. The Bertz CT molecular complexity index is 1010. The second-order valence-corrected chi connectivity index (χ2v) is 8.17. The van der Waals surface area contributed by atoms with Crippen molar-refractivity contribution in [3.63, 3.8) is 0 Å². The fraction of sp³-hybridized carbons (Fsp3) is 0.238. The standard InChI is InChI=1S/C21H20ClN3O3S/c22-17-4-2-1-3-14(17)10-23-20(28)19-9-16(27)11-25(19)21-24-18(12-29-21)13-5-7-15(26)8-6-13/h1-8,12,16,19,26-27H,9-11H2,(H,23,28)/t16?,19-/m0/s1. The number of thiazole rings is 1. The van der Waals surface area contributed by atoms with Gasteiger partial charge in [-0.05, 0) is 35.9 Å². The van der Waals surface area contributed by atoms with Gasteiger partial charge in [-0.15, -0.1) is 11.3 Å². The molecule has 3 aromatic rings. The van der Waals surface area contributed by atoms with E-state index >= 15 is 0 Å². The number of benzene rings is 2. The summed E-state index contributed by atoms with van der Waals surface area (Å²) in [6, 6.07) is 13.7. The summed E-state index contributed by atoms with van der Waals surface area (Å²) < 4.78 is 0. The predicted octanol–water partition coefficient (Wildman–Crippen LogP) is 3.43. The number of anilines is 1. The average molecular weight is 430 g/mol. The molecule has 1 saturated heterocycles. The lowest BCUT2D eigenvalue weighted by Gasteiger charge is -2.23. The Morgan fingerprint density at radius 3 is 2.76 bits per heavy atom. The minimum Gasteiger partial charge on any atom is -0.508 e. The number of halogens is 1. The molecule has 0 aliphatic carbocycles. The molecule has 1 aliphatic heterocycles. The number of hydrogen-bond acceptors (Lipinski definition) is 6. The van der Waals surface area contributed by atoms with Crippen LogP contribution < -0.4 is 10.2 Å². The van der Waals surface area contributed by atoms with Gasteiger partial charge in [0, 0.05) is 35.5 Å². The van der Waals surface area contributed by atoms with Crippen LogP contribution in [0.5, 0.6) is 5.75 Å². The summed E-state index contributed by atoms with van der Waals surface area (Å²) in [5.41, 5.74) is 2.49. The van der Waals surface area contributed by atoms with Crippen LogP contribution in [-0.4, -0.2) is 39.8 Å². The zero-order chi connectivity index (χ0) is 20.4. The molecule has 2 atom stereocenters. The van der Waals surface area contributed by atoms with Crippen molar-refractivity contribution in [3.05, 3.63) is 64.5 Å². The molecule has 1 unspecified atom stereocenters. The van der Waals surface area contributed by atoms with Crippen molar-refractivity contribution in [3.8, 4) is 17.0 Å². The summed E-state index contributed by atoms with van der Waals surface area (Å²) in [6.45, 7) is 0.683. The number of nitrogens with zero attached hydrogens (tertiary/aromatic N) is 2. The molecule has 0 radical (unpaired) electrons. The van der Waals surface area contributed by atoms with Crippen molar-refractivity contribution in [2.24, 2.45) is 0 Å². The van der Waals surface area contributed by atoms with Crippen LogP contribution in [0.3, 0.4) is 0 Å². The van der Waals surface area contributed by atoms with Crippen LogP contribution in [0.2, 0.25) is 5.02 Å². The first-order valence-electron chi connectivity index (χ1n) is 9.22. The molecule has 3 N–H and O–H groups in total. The van der Waals surface area contributed by atoms with E-state index in [1.165, 1.54) is 11.3 Å². The quantitative estimate of drug-likeness (QED) is 0.578. The maximum atomic E-state index is 12.8. The number of amides is 1. The minimum absolute atomic E-state index is 0.164. The third kappa shape index (κ3) is 4.37. The lowest BCUT2D eigenvalue weighted by molar-refractivity contribution is -0.122. The molecule has 29 heavy (non-hydrogen) atoms. The number of β-amino-alcohol motifs (C(OH)–C–C–N with tert-alkyl or cyclic N) is 1. The lowest BCUT2D eigenvalue weighted by atomic mass is 10.1. The predicted molar refractivity (Wildman–Crippen MR) is 114 cm³/mol. The average Bonchev–Trinajstić information content (AvgIpc) is 3.34. The fourth-order valence-corrected chi connectivity index (χ4v) is 4.47. The van der Waals surface area contributed by atoms with Crippen molar-refractivity contribution >= 4 is 34.0 Å². The van der Waals surface area contributed by atoms with Crippen LogP contribution in [0, 0.1) is 0 Å². The molecule has 1 fully saturated rings. The molecule has 2 heterocycles. The highest BCUT2D eigenvalue weighted by Crippen LogP contribution is 2.33. The van der Waals surface area contributed by atoms with Crippen LogP contribution in [0.25, 0.3) is 11.3 Å². The van der Waals surface area contributed by atoms with Gasteiger partial charge in [-0.25, -0.2) is 4.98 Å². The molecule has 6 nitrogen and oxygen atoms in total. The normalized spacial score (nSPS) is 18.8. The zero-order valence-electron chi connectivity index (χ0n) is 15.5. The first-order chi connectivity index (χ1) is 14.0. The Hall–Kier alpha value is -2.61. The Balaban J connectivity index is 1.48. The topological polar surface area (TPSA) is 85.7 Å². The molecule has 1 amide bonds.